The average Bonchev–Trinajstić information content (AvgIpc) is 2.56. The third-order valence-corrected chi connectivity index (χ3v) is 3.00. The Hall–Kier alpha value is -1.72. The third-order valence-electron chi connectivity index (χ3n) is 3.00. The molecule has 0 amide bonds. The minimum Gasteiger partial charge on any atom is -0.449 e. The van der Waals surface area contributed by atoms with Crippen LogP contribution in [0.15, 0.2) is 25.3 Å². The molecule has 0 saturated carbocycles. The highest BCUT2D eigenvalue weighted by molar-refractivity contribution is 5.70. The summed E-state index contributed by atoms with van der Waals surface area (Å²) >= 11 is 0. The van der Waals surface area contributed by atoms with Crippen LogP contribution in [0.4, 0.5) is 0 Å². The molecule has 0 spiro atoms. The number of carbonyl (C=O) groups excluding carboxylic acids is 1. The quantitative estimate of drug-likeness (QED) is 0.322. The summed E-state index contributed by atoms with van der Waals surface area (Å²) < 4.78 is 26.8. The molecule has 0 N–H and O–H groups in total. The van der Waals surface area contributed by atoms with E-state index in [1.807, 2.05) is 0 Å². The monoisotopic (exact) mass is 325 g/mol. The van der Waals surface area contributed by atoms with Crippen molar-refractivity contribution in [2.24, 2.45) is 0 Å². The molecule has 7 nitrogen and oxygen atoms in total. The highest BCUT2D eigenvalue weighted by atomic mass is 16.7. The molecular formula is C16H23NO6. The summed E-state index contributed by atoms with van der Waals surface area (Å²) in [7, 11) is 0. The second kappa shape index (κ2) is 11.8. The van der Waals surface area contributed by atoms with E-state index in [0.29, 0.717) is 32.7 Å². The molecule has 0 aromatic carbocycles. The number of esters is 1. The minimum atomic E-state index is -0.608. The maximum absolute atomic E-state index is 11.4. The fraction of sp³-hybridized carbons (Fsp3) is 0.625. The third kappa shape index (κ3) is 8.47. The Kier molecular flexibility index (Phi) is 9.91. The van der Waals surface area contributed by atoms with Gasteiger partial charge in [-0.05, 0) is 0 Å². The first-order valence-corrected chi connectivity index (χ1v) is 7.40. The SMILES string of the molecule is C=CCOC[C@@H]1CC(OCC=C)CC(OCC(=O)OCC#N)O1. The predicted molar refractivity (Wildman–Crippen MR) is 81.4 cm³/mol. The fourth-order valence-electron chi connectivity index (χ4n) is 2.08. The second-order valence-electron chi connectivity index (χ2n) is 4.86. The number of carbonyl (C=O) groups is 1. The second-order valence-corrected chi connectivity index (χ2v) is 4.86. The van der Waals surface area contributed by atoms with Gasteiger partial charge in [0.05, 0.1) is 32.0 Å². The van der Waals surface area contributed by atoms with Gasteiger partial charge in [-0.25, -0.2) is 4.79 Å². The highest BCUT2D eigenvalue weighted by Crippen LogP contribution is 2.23. The van der Waals surface area contributed by atoms with Gasteiger partial charge in [0.1, 0.15) is 12.7 Å². The summed E-state index contributed by atoms with van der Waals surface area (Å²) in [5.74, 6) is -0.608. The van der Waals surface area contributed by atoms with Gasteiger partial charge in [0.15, 0.2) is 12.9 Å². The van der Waals surface area contributed by atoms with E-state index in [9.17, 15) is 4.79 Å². The van der Waals surface area contributed by atoms with Crippen molar-refractivity contribution < 1.29 is 28.5 Å². The first kappa shape index (κ1) is 19.3. The molecule has 7 heteroatoms. The van der Waals surface area contributed by atoms with E-state index in [4.69, 9.17) is 24.2 Å². The van der Waals surface area contributed by atoms with Crippen LogP contribution in [-0.2, 0) is 28.5 Å². The summed E-state index contributed by atoms with van der Waals surface area (Å²) in [5.41, 5.74) is 0. The summed E-state index contributed by atoms with van der Waals surface area (Å²) in [6, 6.07) is 1.72. The van der Waals surface area contributed by atoms with Crippen molar-refractivity contribution in [3.63, 3.8) is 0 Å². The number of rotatable bonds is 11. The summed E-state index contributed by atoms with van der Waals surface area (Å²) in [5, 5.41) is 8.35. The molecule has 1 fully saturated rings. The maximum atomic E-state index is 11.4. The van der Waals surface area contributed by atoms with Crippen LogP contribution in [0.5, 0.6) is 0 Å². The van der Waals surface area contributed by atoms with Crippen molar-refractivity contribution >= 4 is 5.97 Å². The number of hydrogen-bond acceptors (Lipinski definition) is 7. The van der Waals surface area contributed by atoms with E-state index in [1.165, 1.54) is 0 Å². The van der Waals surface area contributed by atoms with Gasteiger partial charge in [0, 0.05) is 12.8 Å². The highest BCUT2D eigenvalue weighted by Gasteiger charge is 2.31. The van der Waals surface area contributed by atoms with Gasteiger partial charge in [-0.1, -0.05) is 12.2 Å². The number of ether oxygens (including phenoxy) is 5. The first-order valence-electron chi connectivity index (χ1n) is 7.40. The Labute approximate surface area is 136 Å². The summed E-state index contributed by atoms with van der Waals surface area (Å²) in [4.78, 5) is 11.4. The van der Waals surface area contributed by atoms with Crippen LogP contribution in [-0.4, -0.2) is 57.5 Å². The lowest BCUT2D eigenvalue weighted by Gasteiger charge is -2.34. The largest absolute Gasteiger partial charge is 0.449 e. The van der Waals surface area contributed by atoms with Crippen LogP contribution in [0, 0.1) is 11.3 Å². The fourth-order valence-corrected chi connectivity index (χ4v) is 2.08. The molecule has 0 bridgehead atoms. The molecule has 23 heavy (non-hydrogen) atoms. The zero-order valence-electron chi connectivity index (χ0n) is 13.1. The molecule has 1 rings (SSSR count). The van der Waals surface area contributed by atoms with Crippen molar-refractivity contribution in [3.8, 4) is 6.07 Å². The molecule has 0 aromatic heterocycles. The Bertz CT molecular complexity index is 419. The first-order chi connectivity index (χ1) is 11.2. The van der Waals surface area contributed by atoms with E-state index in [2.05, 4.69) is 17.9 Å². The van der Waals surface area contributed by atoms with E-state index in [-0.39, 0.29) is 25.4 Å². The maximum Gasteiger partial charge on any atom is 0.333 e. The molecule has 0 aromatic rings. The van der Waals surface area contributed by atoms with Gasteiger partial charge >= 0.3 is 5.97 Å². The Balaban J connectivity index is 2.44. The molecule has 0 aliphatic carbocycles. The van der Waals surface area contributed by atoms with Crippen LogP contribution in [0.1, 0.15) is 12.8 Å². The van der Waals surface area contributed by atoms with Gasteiger partial charge < -0.3 is 23.7 Å². The van der Waals surface area contributed by atoms with E-state index in [0.717, 1.165) is 0 Å². The smallest absolute Gasteiger partial charge is 0.333 e. The van der Waals surface area contributed by atoms with Gasteiger partial charge in [-0.15, -0.1) is 13.2 Å². The van der Waals surface area contributed by atoms with Crippen LogP contribution in [0.3, 0.4) is 0 Å². The molecule has 1 aliphatic heterocycles. The van der Waals surface area contributed by atoms with Crippen LogP contribution in [0.25, 0.3) is 0 Å². The van der Waals surface area contributed by atoms with Gasteiger partial charge in [0.25, 0.3) is 0 Å². The standard InChI is InChI=1S/C16H23NO6/c1-3-6-19-11-14-9-13(20-7-4-2)10-16(23-14)22-12-15(18)21-8-5-17/h3-4,13-14,16H,1-2,6-12H2/t13?,14-,16?/m0/s1. The Morgan fingerprint density at radius 3 is 2.74 bits per heavy atom. The van der Waals surface area contributed by atoms with Gasteiger partial charge in [-0.3, -0.25) is 0 Å². The minimum absolute atomic E-state index is 0.0702. The van der Waals surface area contributed by atoms with Crippen molar-refractivity contribution in [3.05, 3.63) is 25.3 Å². The molecule has 1 heterocycles. The number of nitriles is 1. The molecule has 3 atom stereocenters. The summed E-state index contributed by atoms with van der Waals surface area (Å²) in [6.07, 6.45) is 3.64. The average molecular weight is 325 g/mol. The normalized spacial score (nSPS) is 23.7. The van der Waals surface area contributed by atoms with Crippen molar-refractivity contribution in [1.82, 2.24) is 0 Å². The lowest BCUT2D eigenvalue weighted by molar-refractivity contribution is -0.231. The molecule has 0 radical (unpaired) electrons. The van der Waals surface area contributed by atoms with E-state index < -0.39 is 12.3 Å². The zero-order valence-corrected chi connectivity index (χ0v) is 13.1. The van der Waals surface area contributed by atoms with Crippen molar-refractivity contribution in [2.45, 2.75) is 31.3 Å². The van der Waals surface area contributed by atoms with Crippen LogP contribution < -0.4 is 0 Å². The molecule has 2 unspecified atom stereocenters. The van der Waals surface area contributed by atoms with E-state index in [1.54, 1.807) is 18.2 Å². The number of nitrogens with zero attached hydrogens (tertiary/aromatic N) is 1. The molecule has 1 aliphatic rings. The van der Waals surface area contributed by atoms with E-state index >= 15 is 0 Å². The van der Waals surface area contributed by atoms with Crippen molar-refractivity contribution in [1.29, 1.82) is 5.26 Å². The van der Waals surface area contributed by atoms with Crippen LogP contribution >= 0.6 is 0 Å². The van der Waals surface area contributed by atoms with Gasteiger partial charge in [-0.2, -0.15) is 5.26 Å². The zero-order chi connectivity index (χ0) is 16.9. The molecule has 1 saturated heterocycles. The molecule has 128 valence electrons. The van der Waals surface area contributed by atoms with Crippen molar-refractivity contribution in [2.75, 3.05) is 33.0 Å². The lowest BCUT2D eigenvalue weighted by Crippen LogP contribution is -2.41. The lowest BCUT2D eigenvalue weighted by atomic mass is 10.1. The predicted octanol–water partition coefficient (Wildman–Crippen LogP) is 1.35. The Morgan fingerprint density at radius 2 is 2.04 bits per heavy atom. The summed E-state index contributed by atoms with van der Waals surface area (Å²) in [6.45, 7) is 7.89. The van der Waals surface area contributed by atoms with Gasteiger partial charge in [0.2, 0.25) is 0 Å². The topological polar surface area (TPSA) is 87.0 Å². The molecular weight excluding hydrogens is 302 g/mol. The van der Waals surface area contributed by atoms with Crippen LogP contribution in [0.2, 0.25) is 0 Å². The Morgan fingerprint density at radius 1 is 1.26 bits per heavy atom. The number of hydrogen-bond donors (Lipinski definition) is 0.